The van der Waals surface area contributed by atoms with Gasteiger partial charge < -0.3 is 5.32 Å². The van der Waals surface area contributed by atoms with Crippen LogP contribution in [0.3, 0.4) is 0 Å². The minimum Gasteiger partial charge on any atom is -0.382 e. The van der Waals surface area contributed by atoms with Crippen LogP contribution in [0.2, 0.25) is 0 Å². The molecule has 1 aliphatic carbocycles. The van der Waals surface area contributed by atoms with E-state index in [4.69, 9.17) is 0 Å². The molecule has 112 valence electrons. The fraction of sp³-hybridized carbons (Fsp3) is 0.600. The summed E-state index contributed by atoms with van der Waals surface area (Å²) in [6, 6.07) is 4.21. The SMILES string of the molecule is CC1CCCCCC1Nc1cc(Br)ccc1C(F)(F)F. The topological polar surface area (TPSA) is 12.0 Å². The van der Waals surface area contributed by atoms with Gasteiger partial charge in [0.15, 0.2) is 0 Å². The van der Waals surface area contributed by atoms with Crippen molar-refractivity contribution in [2.45, 2.75) is 51.2 Å². The summed E-state index contributed by atoms with van der Waals surface area (Å²) in [5, 5.41) is 3.14. The van der Waals surface area contributed by atoms with Crippen LogP contribution in [-0.4, -0.2) is 6.04 Å². The molecule has 1 fully saturated rings. The Morgan fingerprint density at radius 3 is 2.55 bits per heavy atom. The fourth-order valence-corrected chi connectivity index (χ4v) is 3.15. The van der Waals surface area contributed by atoms with Gasteiger partial charge in [-0.05, 0) is 37.0 Å². The molecule has 0 radical (unpaired) electrons. The quantitative estimate of drug-likeness (QED) is 0.660. The van der Waals surface area contributed by atoms with E-state index in [9.17, 15) is 13.2 Å². The third-order valence-corrected chi connectivity index (χ3v) is 4.48. The van der Waals surface area contributed by atoms with Crippen LogP contribution in [0.1, 0.15) is 44.6 Å². The number of benzene rings is 1. The van der Waals surface area contributed by atoms with Gasteiger partial charge in [0.05, 0.1) is 5.56 Å². The van der Waals surface area contributed by atoms with Gasteiger partial charge in [-0.1, -0.05) is 42.1 Å². The molecular weight excluding hydrogens is 331 g/mol. The number of alkyl halides is 3. The molecule has 1 N–H and O–H groups in total. The Bertz CT molecular complexity index is 459. The zero-order chi connectivity index (χ0) is 14.8. The molecule has 5 heteroatoms. The van der Waals surface area contributed by atoms with Crippen LogP contribution < -0.4 is 5.32 Å². The highest BCUT2D eigenvalue weighted by Crippen LogP contribution is 2.37. The lowest BCUT2D eigenvalue weighted by Crippen LogP contribution is -2.27. The molecule has 2 rings (SSSR count). The summed E-state index contributed by atoms with van der Waals surface area (Å²) in [5.74, 6) is 0.401. The van der Waals surface area contributed by atoms with Crippen LogP contribution in [0.4, 0.5) is 18.9 Å². The Kier molecular flexibility index (Phi) is 4.99. The molecule has 1 aromatic rings. The van der Waals surface area contributed by atoms with E-state index in [1.165, 1.54) is 25.0 Å². The lowest BCUT2D eigenvalue weighted by atomic mass is 9.96. The molecule has 0 aliphatic heterocycles. The molecule has 0 heterocycles. The van der Waals surface area contributed by atoms with Gasteiger partial charge in [-0.3, -0.25) is 0 Å². The van der Waals surface area contributed by atoms with E-state index in [1.807, 2.05) is 0 Å². The zero-order valence-electron chi connectivity index (χ0n) is 11.4. The van der Waals surface area contributed by atoms with Gasteiger partial charge in [0.25, 0.3) is 0 Å². The highest BCUT2D eigenvalue weighted by molar-refractivity contribution is 9.10. The third kappa shape index (κ3) is 3.90. The maximum absolute atomic E-state index is 13.1. The Hall–Kier alpha value is -0.710. The van der Waals surface area contributed by atoms with Gasteiger partial charge in [0.1, 0.15) is 0 Å². The molecule has 0 saturated heterocycles. The molecule has 0 aromatic heterocycles. The molecule has 1 nitrogen and oxygen atoms in total. The molecule has 1 aromatic carbocycles. The number of anilines is 1. The van der Waals surface area contributed by atoms with Crippen LogP contribution in [0.25, 0.3) is 0 Å². The molecule has 1 saturated carbocycles. The van der Waals surface area contributed by atoms with Crippen molar-refractivity contribution >= 4 is 21.6 Å². The van der Waals surface area contributed by atoms with E-state index in [0.29, 0.717) is 10.4 Å². The van der Waals surface area contributed by atoms with Crippen LogP contribution in [0, 0.1) is 5.92 Å². The van der Waals surface area contributed by atoms with E-state index < -0.39 is 11.7 Å². The predicted octanol–water partition coefficient (Wildman–Crippen LogP) is 5.85. The van der Waals surface area contributed by atoms with Crippen LogP contribution >= 0.6 is 15.9 Å². The van der Waals surface area contributed by atoms with Crippen LogP contribution in [-0.2, 0) is 6.18 Å². The van der Waals surface area contributed by atoms with Gasteiger partial charge in [-0.15, -0.1) is 0 Å². The molecule has 2 atom stereocenters. The maximum Gasteiger partial charge on any atom is 0.418 e. The number of hydrogen-bond donors (Lipinski definition) is 1. The van der Waals surface area contributed by atoms with Gasteiger partial charge in [-0.2, -0.15) is 13.2 Å². The first-order chi connectivity index (χ1) is 9.38. The zero-order valence-corrected chi connectivity index (χ0v) is 13.0. The standard InChI is InChI=1S/C15H19BrF3N/c1-10-5-3-2-4-6-13(10)20-14-9-11(16)7-8-12(14)15(17,18)19/h7-10,13,20H,2-6H2,1H3. The first-order valence-corrected chi connectivity index (χ1v) is 7.80. The Balaban J connectivity index is 2.25. The van der Waals surface area contributed by atoms with E-state index in [1.54, 1.807) is 0 Å². The Labute approximate surface area is 126 Å². The minimum atomic E-state index is -4.32. The minimum absolute atomic E-state index is 0.118. The van der Waals surface area contributed by atoms with Gasteiger partial charge >= 0.3 is 6.18 Å². The average Bonchev–Trinajstić information content (AvgIpc) is 2.53. The maximum atomic E-state index is 13.1. The molecule has 20 heavy (non-hydrogen) atoms. The lowest BCUT2D eigenvalue weighted by Gasteiger charge is -2.26. The number of hydrogen-bond acceptors (Lipinski definition) is 1. The normalized spacial score (nSPS) is 24.2. The predicted molar refractivity (Wildman–Crippen MR) is 78.8 cm³/mol. The van der Waals surface area contributed by atoms with Crippen LogP contribution in [0.15, 0.2) is 22.7 Å². The second-order valence-electron chi connectivity index (χ2n) is 5.55. The highest BCUT2D eigenvalue weighted by Gasteiger charge is 2.34. The highest BCUT2D eigenvalue weighted by atomic mass is 79.9. The second kappa shape index (κ2) is 6.37. The van der Waals surface area contributed by atoms with Crippen molar-refractivity contribution in [1.82, 2.24) is 0 Å². The summed E-state index contributed by atoms with van der Waals surface area (Å²) in [6.07, 6.45) is 1.11. The smallest absolute Gasteiger partial charge is 0.382 e. The number of nitrogens with one attached hydrogen (secondary N) is 1. The van der Waals surface area contributed by atoms with E-state index in [-0.39, 0.29) is 11.7 Å². The summed E-state index contributed by atoms with van der Waals surface area (Å²) in [5.41, 5.74) is -0.400. The monoisotopic (exact) mass is 349 g/mol. The van der Waals surface area contributed by atoms with Gasteiger partial charge in [-0.25, -0.2) is 0 Å². The van der Waals surface area contributed by atoms with Crippen LogP contribution in [0.5, 0.6) is 0 Å². The Morgan fingerprint density at radius 1 is 1.15 bits per heavy atom. The van der Waals surface area contributed by atoms with Crippen molar-refractivity contribution in [3.63, 3.8) is 0 Å². The summed E-state index contributed by atoms with van der Waals surface area (Å²) < 4.78 is 39.8. The fourth-order valence-electron chi connectivity index (χ4n) is 2.79. The first-order valence-electron chi connectivity index (χ1n) is 7.01. The molecule has 0 amide bonds. The summed E-state index contributed by atoms with van der Waals surface area (Å²) in [7, 11) is 0. The van der Waals surface area contributed by atoms with Gasteiger partial charge in [0.2, 0.25) is 0 Å². The van der Waals surface area contributed by atoms with Crippen molar-refractivity contribution in [2.24, 2.45) is 5.92 Å². The Morgan fingerprint density at radius 2 is 1.85 bits per heavy atom. The molecule has 2 unspecified atom stereocenters. The summed E-state index contributed by atoms with van der Waals surface area (Å²) in [6.45, 7) is 2.12. The molecule has 0 bridgehead atoms. The van der Waals surface area contributed by atoms with Crippen molar-refractivity contribution < 1.29 is 13.2 Å². The van der Waals surface area contributed by atoms with Crippen molar-refractivity contribution in [1.29, 1.82) is 0 Å². The first kappa shape index (κ1) is 15.7. The van der Waals surface area contributed by atoms with Crippen molar-refractivity contribution in [3.05, 3.63) is 28.2 Å². The molecule has 1 aliphatic rings. The molecular formula is C15H19BrF3N. The lowest BCUT2D eigenvalue weighted by molar-refractivity contribution is -0.137. The van der Waals surface area contributed by atoms with E-state index in [2.05, 4.69) is 28.2 Å². The van der Waals surface area contributed by atoms with Gasteiger partial charge in [0, 0.05) is 16.2 Å². The van der Waals surface area contributed by atoms with Crippen molar-refractivity contribution in [3.8, 4) is 0 Å². The summed E-state index contributed by atoms with van der Waals surface area (Å²) >= 11 is 3.25. The second-order valence-corrected chi connectivity index (χ2v) is 6.47. The van der Waals surface area contributed by atoms with Crippen molar-refractivity contribution in [2.75, 3.05) is 5.32 Å². The summed E-state index contributed by atoms with van der Waals surface area (Å²) in [4.78, 5) is 0. The average molecular weight is 350 g/mol. The third-order valence-electron chi connectivity index (χ3n) is 3.99. The number of halogens is 4. The number of rotatable bonds is 2. The van der Waals surface area contributed by atoms with E-state index in [0.717, 1.165) is 25.3 Å². The van der Waals surface area contributed by atoms with E-state index >= 15 is 0 Å². The largest absolute Gasteiger partial charge is 0.418 e. The molecule has 0 spiro atoms.